The number of ether oxygens (including phenoxy) is 1. The standard InChI is InChI=1S/C10H9NO3S/c11-8(12)10(15)5-6-3-1-2-4-7(6)14-9(10)13/h1-4,15H,5H2,(H2,11,12). The van der Waals surface area contributed by atoms with Crippen molar-refractivity contribution < 1.29 is 14.3 Å². The molecule has 5 heteroatoms. The molecule has 0 saturated carbocycles. The van der Waals surface area contributed by atoms with Gasteiger partial charge in [-0.05, 0) is 11.6 Å². The lowest BCUT2D eigenvalue weighted by Crippen LogP contribution is -2.52. The van der Waals surface area contributed by atoms with E-state index in [9.17, 15) is 9.59 Å². The molecule has 1 heterocycles. The minimum Gasteiger partial charge on any atom is -0.425 e. The van der Waals surface area contributed by atoms with Crippen LogP contribution < -0.4 is 10.5 Å². The Morgan fingerprint density at radius 2 is 2.13 bits per heavy atom. The van der Waals surface area contributed by atoms with E-state index in [0.29, 0.717) is 5.75 Å². The van der Waals surface area contributed by atoms with Crippen LogP contribution in [0.25, 0.3) is 0 Å². The van der Waals surface area contributed by atoms with Crippen LogP contribution in [-0.4, -0.2) is 16.6 Å². The SMILES string of the molecule is NC(=O)C1(S)Cc2ccccc2OC1=O. The molecule has 1 aliphatic rings. The van der Waals surface area contributed by atoms with E-state index >= 15 is 0 Å². The predicted molar refractivity (Wildman–Crippen MR) is 56.7 cm³/mol. The molecule has 0 radical (unpaired) electrons. The van der Waals surface area contributed by atoms with Crippen LogP contribution in [0.15, 0.2) is 24.3 Å². The Bertz CT molecular complexity index is 446. The summed E-state index contributed by atoms with van der Waals surface area (Å²) < 4.78 is 3.45. The van der Waals surface area contributed by atoms with E-state index < -0.39 is 16.6 Å². The molecular formula is C10H9NO3S. The Hall–Kier alpha value is -1.49. The molecular weight excluding hydrogens is 214 g/mol. The normalized spacial score (nSPS) is 24.2. The number of para-hydroxylation sites is 1. The minimum atomic E-state index is -1.55. The molecule has 1 amide bonds. The van der Waals surface area contributed by atoms with Crippen molar-refractivity contribution in [2.24, 2.45) is 5.73 Å². The Morgan fingerprint density at radius 3 is 2.80 bits per heavy atom. The summed E-state index contributed by atoms with van der Waals surface area (Å²) in [4.78, 5) is 22.7. The fourth-order valence-electron chi connectivity index (χ4n) is 1.47. The van der Waals surface area contributed by atoms with Crippen LogP contribution >= 0.6 is 12.6 Å². The average molecular weight is 223 g/mol. The van der Waals surface area contributed by atoms with Gasteiger partial charge < -0.3 is 10.5 Å². The van der Waals surface area contributed by atoms with Gasteiger partial charge in [0.1, 0.15) is 5.75 Å². The lowest BCUT2D eigenvalue weighted by atomic mass is 9.94. The second kappa shape index (κ2) is 3.27. The van der Waals surface area contributed by atoms with Crippen molar-refractivity contribution in [3.05, 3.63) is 29.8 Å². The first-order chi connectivity index (χ1) is 7.04. The van der Waals surface area contributed by atoms with Crippen molar-refractivity contribution in [1.29, 1.82) is 0 Å². The van der Waals surface area contributed by atoms with Gasteiger partial charge in [-0.15, -0.1) is 0 Å². The fourth-order valence-corrected chi connectivity index (χ4v) is 1.69. The van der Waals surface area contributed by atoms with Crippen molar-refractivity contribution >= 4 is 24.5 Å². The monoisotopic (exact) mass is 223 g/mol. The van der Waals surface area contributed by atoms with Crippen LogP contribution in [0.5, 0.6) is 5.75 Å². The molecule has 1 aliphatic heterocycles. The van der Waals surface area contributed by atoms with Gasteiger partial charge in [0.2, 0.25) is 5.91 Å². The predicted octanol–water partition coefficient (Wildman–Crippen LogP) is 0.302. The van der Waals surface area contributed by atoms with Crippen molar-refractivity contribution in [2.75, 3.05) is 0 Å². The quantitative estimate of drug-likeness (QED) is 0.311. The molecule has 2 rings (SSSR count). The smallest absolute Gasteiger partial charge is 0.337 e. The third-order valence-corrected chi connectivity index (χ3v) is 2.93. The molecule has 0 fully saturated rings. The molecule has 1 unspecified atom stereocenters. The number of thiol groups is 1. The van der Waals surface area contributed by atoms with Gasteiger partial charge in [-0.3, -0.25) is 4.79 Å². The minimum absolute atomic E-state index is 0.167. The zero-order valence-corrected chi connectivity index (χ0v) is 8.66. The molecule has 78 valence electrons. The summed E-state index contributed by atoms with van der Waals surface area (Å²) in [6.45, 7) is 0. The zero-order chi connectivity index (χ0) is 11.1. The highest BCUT2D eigenvalue weighted by molar-refractivity contribution is 7.83. The van der Waals surface area contributed by atoms with Gasteiger partial charge >= 0.3 is 5.97 Å². The molecule has 4 nitrogen and oxygen atoms in total. The first-order valence-corrected chi connectivity index (χ1v) is 4.81. The van der Waals surface area contributed by atoms with Gasteiger partial charge in [0, 0.05) is 6.42 Å². The molecule has 2 N–H and O–H groups in total. The van der Waals surface area contributed by atoms with E-state index in [2.05, 4.69) is 12.6 Å². The zero-order valence-electron chi connectivity index (χ0n) is 7.77. The maximum atomic E-state index is 11.5. The highest BCUT2D eigenvalue weighted by Crippen LogP contribution is 2.33. The third kappa shape index (κ3) is 1.48. The van der Waals surface area contributed by atoms with Crippen molar-refractivity contribution in [3.63, 3.8) is 0 Å². The Labute approximate surface area is 91.8 Å². The van der Waals surface area contributed by atoms with E-state index in [0.717, 1.165) is 5.56 Å². The summed E-state index contributed by atoms with van der Waals surface area (Å²) >= 11 is 4.02. The van der Waals surface area contributed by atoms with E-state index in [1.807, 2.05) is 0 Å². The number of primary amides is 1. The topological polar surface area (TPSA) is 69.4 Å². The third-order valence-electron chi connectivity index (χ3n) is 2.37. The average Bonchev–Trinajstić information content (AvgIpc) is 2.19. The van der Waals surface area contributed by atoms with Gasteiger partial charge in [-0.2, -0.15) is 12.6 Å². The van der Waals surface area contributed by atoms with Crippen LogP contribution in [0.4, 0.5) is 0 Å². The summed E-state index contributed by atoms with van der Waals surface area (Å²) in [5.41, 5.74) is 5.89. The van der Waals surface area contributed by atoms with Crippen LogP contribution in [0, 0.1) is 0 Å². The summed E-state index contributed by atoms with van der Waals surface area (Å²) in [6, 6.07) is 6.99. The first-order valence-electron chi connectivity index (χ1n) is 4.36. The molecule has 0 spiro atoms. The Morgan fingerprint density at radius 1 is 1.47 bits per heavy atom. The number of amides is 1. The van der Waals surface area contributed by atoms with Gasteiger partial charge in [0.25, 0.3) is 0 Å². The van der Waals surface area contributed by atoms with Gasteiger partial charge in [-0.25, -0.2) is 4.79 Å². The molecule has 1 atom stereocenters. The molecule has 0 bridgehead atoms. The maximum absolute atomic E-state index is 11.5. The molecule has 15 heavy (non-hydrogen) atoms. The van der Waals surface area contributed by atoms with E-state index in [4.69, 9.17) is 10.5 Å². The van der Waals surface area contributed by atoms with Gasteiger partial charge in [-0.1, -0.05) is 18.2 Å². The molecule has 1 aromatic carbocycles. The summed E-state index contributed by atoms with van der Waals surface area (Å²) in [5, 5.41) is 0. The van der Waals surface area contributed by atoms with Crippen molar-refractivity contribution in [1.82, 2.24) is 0 Å². The number of nitrogens with two attached hydrogens (primary N) is 1. The number of carbonyl (C=O) groups is 2. The second-order valence-electron chi connectivity index (χ2n) is 3.40. The molecule has 0 saturated heterocycles. The summed E-state index contributed by atoms with van der Waals surface area (Å²) in [5.74, 6) is -1.03. The van der Waals surface area contributed by atoms with Crippen LogP contribution in [0.3, 0.4) is 0 Å². The number of hydrogen-bond donors (Lipinski definition) is 2. The summed E-state index contributed by atoms with van der Waals surface area (Å²) in [7, 11) is 0. The number of hydrogen-bond acceptors (Lipinski definition) is 4. The van der Waals surface area contributed by atoms with Gasteiger partial charge in [0.15, 0.2) is 4.75 Å². The fraction of sp³-hybridized carbons (Fsp3) is 0.200. The number of benzene rings is 1. The van der Waals surface area contributed by atoms with E-state index in [1.54, 1.807) is 24.3 Å². The molecule has 0 aromatic heterocycles. The number of carbonyl (C=O) groups excluding carboxylic acids is 2. The lowest BCUT2D eigenvalue weighted by Gasteiger charge is -2.28. The lowest BCUT2D eigenvalue weighted by molar-refractivity contribution is -0.142. The highest BCUT2D eigenvalue weighted by Gasteiger charge is 2.46. The van der Waals surface area contributed by atoms with E-state index in [1.165, 1.54) is 0 Å². The number of esters is 1. The first kappa shape index (κ1) is 10.0. The molecule has 0 aliphatic carbocycles. The van der Waals surface area contributed by atoms with Crippen LogP contribution in [0.2, 0.25) is 0 Å². The highest BCUT2D eigenvalue weighted by atomic mass is 32.1. The summed E-state index contributed by atoms with van der Waals surface area (Å²) in [6.07, 6.45) is 0.167. The Kier molecular flexibility index (Phi) is 2.19. The van der Waals surface area contributed by atoms with Gasteiger partial charge in [0.05, 0.1) is 0 Å². The van der Waals surface area contributed by atoms with Crippen molar-refractivity contribution in [2.45, 2.75) is 11.2 Å². The van der Waals surface area contributed by atoms with Crippen molar-refractivity contribution in [3.8, 4) is 5.75 Å². The maximum Gasteiger partial charge on any atom is 0.337 e. The van der Waals surface area contributed by atoms with E-state index in [-0.39, 0.29) is 6.42 Å². The Balaban J connectivity index is 2.46. The number of fused-ring (bicyclic) bond motifs is 1. The molecule has 1 aromatic rings. The van der Waals surface area contributed by atoms with Crippen LogP contribution in [0.1, 0.15) is 5.56 Å². The second-order valence-corrected chi connectivity index (χ2v) is 4.16. The largest absolute Gasteiger partial charge is 0.425 e. The number of rotatable bonds is 1. The van der Waals surface area contributed by atoms with Crippen LogP contribution in [-0.2, 0) is 16.0 Å².